The first-order valence-electron chi connectivity index (χ1n) is 9.96. The van der Waals surface area contributed by atoms with Gasteiger partial charge >= 0.3 is 12.1 Å². The van der Waals surface area contributed by atoms with Crippen molar-refractivity contribution >= 4 is 52.5 Å². The van der Waals surface area contributed by atoms with Crippen molar-refractivity contribution < 1.29 is 19.1 Å². The number of anilines is 1. The normalized spacial score (nSPS) is 14.4. The van der Waals surface area contributed by atoms with Crippen LogP contribution in [0.2, 0.25) is 10.0 Å². The van der Waals surface area contributed by atoms with Gasteiger partial charge in [0.1, 0.15) is 11.4 Å². The Morgan fingerprint density at radius 2 is 1.70 bits per heavy atom. The Morgan fingerprint density at radius 3 is 2.39 bits per heavy atom. The van der Waals surface area contributed by atoms with E-state index in [0.717, 1.165) is 4.90 Å². The Bertz CT molecular complexity index is 1270. The van der Waals surface area contributed by atoms with Gasteiger partial charge in [0.05, 0.1) is 11.3 Å². The van der Waals surface area contributed by atoms with Crippen molar-refractivity contribution in [3.63, 3.8) is 0 Å². The molecule has 0 atom stereocenters. The summed E-state index contributed by atoms with van der Waals surface area (Å²) in [5.41, 5.74) is 0.839. The summed E-state index contributed by atoms with van der Waals surface area (Å²) in [5.74, 6) is -0.166. The van der Waals surface area contributed by atoms with Crippen LogP contribution in [-0.4, -0.2) is 27.6 Å². The molecule has 0 N–H and O–H groups in total. The third-order valence-electron chi connectivity index (χ3n) is 4.52. The lowest BCUT2D eigenvalue weighted by Crippen LogP contribution is -2.38. The van der Waals surface area contributed by atoms with Gasteiger partial charge in [-0.3, -0.25) is 4.79 Å². The molecule has 0 radical (unpaired) electrons. The fourth-order valence-corrected chi connectivity index (χ4v) is 3.55. The molecule has 1 aliphatic heterocycles. The third kappa shape index (κ3) is 4.99. The van der Waals surface area contributed by atoms with Crippen LogP contribution in [-0.2, 0) is 9.53 Å². The summed E-state index contributed by atoms with van der Waals surface area (Å²) in [5, 5.41) is 0.818. The summed E-state index contributed by atoms with van der Waals surface area (Å²) in [6, 6.07) is 11.6. The average Bonchev–Trinajstić information content (AvgIpc) is 3.00. The number of hydrogen-bond donors (Lipinski definition) is 0. The van der Waals surface area contributed by atoms with Gasteiger partial charge in [0, 0.05) is 33.6 Å². The van der Waals surface area contributed by atoms with E-state index < -0.39 is 17.6 Å². The number of nitrogens with zero attached hydrogens (tertiary/aromatic N) is 3. The zero-order valence-electron chi connectivity index (χ0n) is 18.0. The maximum absolute atomic E-state index is 13.4. The zero-order chi connectivity index (χ0) is 23.8. The monoisotopic (exact) mass is 483 g/mol. The molecule has 2 aromatic carbocycles. The first-order chi connectivity index (χ1) is 15.6. The molecule has 1 aliphatic rings. The highest BCUT2D eigenvalue weighted by molar-refractivity contribution is 6.42. The highest BCUT2D eigenvalue weighted by Crippen LogP contribution is 2.41. The molecule has 7 nitrogen and oxygen atoms in total. The van der Waals surface area contributed by atoms with Gasteiger partial charge in [-0.05, 0) is 63.2 Å². The van der Waals surface area contributed by atoms with E-state index in [2.05, 4.69) is 9.97 Å². The van der Waals surface area contributed by atoms with E-state index in [4.69, 9.17) is 32.7 Å². The second-order valence-corrected chi connectivity index (χ2v) is 9.03. The zero-order valence-corrected chi connectivity index (χ0v) is 19.5. The maximum Gasteiger partial charge on any atom is 0.422 e. The van der Waals surface area contributed by atoms with Gasteiger partial charge in [-0.1, -0.05) is 29.3 Å². The van der Waals surface area contributed by atoms with Crippen molar-refractivity contribution in [2.45, 2.75) is 26.4 Å². The number of carbonyl (C=O) groups excluding carboxylic acids is 2. The van der Waals surface area contributed by atoms with Crippen molar-refractivity contribution in [3.05, 3.63) is 76.0 Å². The Kier molecular flexibility index (Phi) is 6.10. The lowest BCUT2D eigenvalue weighted by molar-refractivity contribution is -0.112. The molecular formula is C24H19Cl2N3O4. The van der Waals surface area contributed by atoms with Crippen LogP contribution in [0, 0.1) is 0 Å². The van der Waals surface area contributed by atoms with Crippen LogP contribution in [0.4, 0.5) is 10.5 Å². The molecule has 1 aromatic heterocycles. The standard InChI is InChI=1S/C24H19Cl2N3O4/c1-24(2,3)33-23(31)29-19-13-16(26)5-7-17(19)18(21(29)30)12-14-11-15(25)6-8-20(14)32-22-27-9-4-10-28-22/h4-13H,1-3H3/b18-12-. The second-order valence-electron chi connectivity index (χ2n) is 8.16. The van der Waals surface area contributed by atoms with Crippen molar-refractivity contribution in [3.8, 4) is 11.8 Å². The number of aromatic nitrogens is 2. The fourth-order valence-electron chi connectivity index (χ4n) is 3.21. The molecule has 0 fully saturated rings. The van der Waals surface area contributed by atoms with Crippen LogP contribution in [0.5, 0.6) is 11.8 Å². The van der Waals surface area contributed by atoms with E-state index >= 15 is 0 Å². The number of benzene rings is 2. The number of rotatable bonds is 3. The van der Waals surface area contributed by atoms with Crippen molar-refractivity contribution in [1.29, 1.82) is 0 Å². The molecule has 2 heterocycles. The van der Waals surface area contributed by atoms with E-state index in [1.54, 1.807) is 81.7 Å². The molecule has 3 aromatic rings. The number of ether oxygens (including phenoxy) is 2. The topological polar surface area (TPSA) is 81.6 Å². The van der Waals surface area contributed by atoms with E-state index in [0.29, 0.717) is 32.6 Å². The number of hydrogen-bond acceptors (Lipinski definition) is 6. The summed E-state index contributed by atoms with van der Waals surface area (Å²) in [6.07, 6.45) is 3.91. The number of carbonyl (C=O) groups is 2. The predicted octanol–water partition coefficient (Wildman–Crippen LogP) is 6.40. The smallest absolute Gasteiger partial charge is 0.422 e. The molecule has 0 spiro atoms. The third-order valence-corrected chi connectivity index (χ3v) is 4.99. The van der Waals surface area contributed by atoms with E-state index in [-0.39, 0.29) is 11.6 Å². The molecule has 0 bridgehead atoms. The molecule has 0 aliphatic carbocycles. The molecule has 0 saturated heterocycles. The molecule has 0 unspecified atom stereocenters. The van der Waals surface area contributed by atoms with Gasteiger partial charge in [-0.25, -0.2) is 19.7 Å². The van der Waals surface area contributed by atoms with Crippen molar-refractivity contribution in [1.82, 2.24) is 9.97 Å². The Labute approximate surface area is 200 Å². The quantitative estimate of drug-likeness (QED) is 0.401. The number of halogens is 2. The number of fused-ring (bicyclic) bond motifs is 1. The van der Waals surface area contributed by atoms with Crippen molar-refractivity contribution in [2.24, 2.45) is 0 Å². The molecule has 0 saturated carbocycles. The number of amides is 2. The molecule has 168 valence electrons. The maximum atomic E-state index is 13.4. The molecule has 4 rings (SSSR count). The summed E-state index contributed by atoms with van der Waals surface area (Å²) in [6.45, 7) is 5.17. The lowest BCUT2D eigenvalue weighted by atomic mass is 10.0. The largest absolute Gasteiger partial charge is 0.443 e. The molecule has 9 heteroatoms. The minimum absolute atomic E-state index is 0.139. The Morgan fingerprint density at radius 1 is 1.03 bits per heavy atom. The predicted molar refractivity (Wildman–Crippen MR) is 127 cm³/mol. The summed E-state index contributed by atoms with van der Waals surface area (Å²) < 4.78 is 11.2. The van der Waals surface area contributed by atoms with E-state index in [1.807, 2.05) is 0 Å². The molecule has 33 heavy (non-hydrogen) atoms. The van der Waals surface area contributed by atoms with Gasteiger partial charge < -0.3 is 9.47 Å². The van der Waals surface area contributed by atoms with Crippen LogP contribution in [0.1, 0.15) is 31.9 Å². The first-order valence-corrected chi connectivity index (χ1v) is 10.7. The van der Waals surface area contributed by atoms with Gasteiger partial charge in [0.2, 0.25) is 0 Å². The SMILES string of the molecule is CC(C)(C)OC(=O)N1C(=O)/C(=C\c2cc(Cl)ccc2Oc2ncccn2)c2ccc(Cl)cc21. The van der Waals surface area contributed by atoms with Gasteiger partial charge in [-0.2, -0.15) is 0 Å². The minimum Gasteiger partial charge on any atom is -0.443 e. The highest BCUT2D eigenvalue weighted by atomic mass is 35.5. The fraction of sp³-hybridized carbons (Fsp3) is 0.167. The minimum atomic E-state index is -0.792. The van der Waals surface area contributed by atoms with Crippen LogP contribution in [0.15, 0.2) is 54.9 Å². The van der Waals surface area contributed by atoms with Gasteiger partial charge in [0.25, 0.3) is 5.91 Å². The Hall–Kier alpha value is -3.42. The van der Waals surface area contributed by atoms with Crippen molar-refractivity contribution in [2.75, 3.05) is 4.90 Å². The van der Waals surface area contributed by atoms with Crippen LogP contribution < -0.4 is 9.64 Å². The summed E-state index contributed by atoms with van der Waals surface area (Å²) in [7, 11) is 0. The van der Waals surface area contributed by atoms with Crippen LogP contribution in [0.25, 0.3) is 11.6 Å². The lowest BCUT2D eigenvalue weighted by Gasteiger charge is -2.23. The summed E-state index contributed by atoms with van der Waals surface area (Å²) >= 11 is 12.4. The molecule has 2 amide bonds. The summed E-state index contributed by atoms with van der Waals surface area (Å²) in [4.78, 5) is 35.3. The van der Waals surface area contributed by atoms with Crippen LogP contribution in [0.3, 0.4) is 0 Å². The highest BCUT2D eigenvalue weighted by Gasteiger charge is 2.39. The van der Waals surface area contributed by atoms with Gasteiger partial charge in [0.15, 0.2) is 0 Å². The van der Waals surface area contributed by atoms with E-state index in [1.165, 1.54) is 0 Å². The second kappa shape index (κ2) is 8.84. The Balaban J connectivity index is 1.80. The van der Waals surface area contributed by atoms with E-state index in [9.17, 15) is 9.59 Å². The average molecular weight is 484 g/mol. The molecular weight excluding hydrogens is 465 g/mol. The van der Waals surface area contributed by atoms with Gasteiger partial charge in [-0.15, -0.1) is 0 Å². The van der Waals surface area contributed by atoms with Crippen LogP contribution >= 0.6 is 23.2 Å². The number of imide groups is 1. The first kappa shape index (κ1) is 22.8.